The summed E-state index contributed by atoms with van der Waals surface area (Å²) in [6.07, 6.45) is 7.13. The lowest BCUT2D eigenvalue weighted by atomic mass is 9.86. The first-order chi connectivity index (χ1) is 26.2. The van der Waals surface area contributed by atoms with E-state index in [4.69, 9.17) is 19.3 Å². The minimum Gasteiger partial charge on any atom is -0.494 e. The van der Waals surface area contributed by atoms with Crippen molar-refractivity contribution in [3.05, 3.63) is 47.9 Å². The molecule has 1 fully saturated rings. The Morgan fingerprint density at radius 1 is 1.00 bits per heavy atom. The molecule has 0 spiro atoms. The molecule has 2 aromatic heterocycles. The fourth-order valence-corrected chi connectivity index (χ4v) is 6.77. The van der Waals surface area contributed by atoms with E-state index >= 15 is 0 Å². The Morgan fingerprint density at radius 3 is 2.34 bits per heavy atom. The zero-order valence-electron chi connectivity index (χ0n) is 34.5. The molecule has 0 radical (unpaired) electrons. The Hall–Kier alpha value is -4.37. The Balaban J connectivity index is 1.15. The molecule has 0 saturated heterocycles. The molecule has 13 nitrogen and oxygen atoms in total. The SMILES string of the molecule is COc1cc2nn(C3CCC(CN(C)CCCOCCCNC(=O)[C@@H](NC(=O)OC(C)(C)C)C(C)(C)C)CC3)cc2cc1NC(=O)c1cccc(C(C)(F)F)n1. The number of rotatable bonds is 17. The molecule has 2 heterocycles. The van der Waals surface area contributed by atoms with E-state index in [9.17, 15) is 23.2 Å². The van der Waals surface area contributed by atoms with Gasteiger partial charge in [0.15, 0.2) is 0 Å². The molecule has 1 aromatic carbocycles. The highest BCUT2D eigenvalue weighted by atomic mass is 19.3. The lowest BCUT2D eigenvalue weighted by Gasteiger charge is -2.31. The van der Waals surface area contributed by atoms with E-state index in [1.165, 1.54) is 25.3 Å². The molecule has 3 N–H and O–H groups in total. The fraction of sp³-hybridized carbons (Fsp3) is 0.634. The van der Waals surface area contributed by atoms with E-state index < -0.39 is 40.7 Å². The van der Waals surface area contributed by atoms with Crippen molar-refractivity contribution in [2.24, 2.45) is 11.3 Å². The van der Waals surface area contributed by atoms with Gasteiger partial charge in [-0.15, -0.1) is 0 Å². The Morgan fingerprint density at radius 2 is 1.70 bits per heavy atom. The first-order valence-corrected chi connectivity index (χ1v) is 19.5. The summed E-state index contributed by atoms with van der Waals surface area (Å²) in [6.45, 7) is 15.3. The lowest BCUT2D eigenvalue weighted by molar-refractivity contribution is -0.125. The van der Waals surface area contributed by atoms with Gasteiger partial charge >= 0.3 is 6.09 Å². The molecular formula is C41H61F2N7O6. The van der Waals surface area contributed by atoms with Crippen molar-refractivity contribution < 1.29 is 37.4 Å². The zero-order valence-corrected chi connectivity index (χ0v) is 34.5. The Kier molecular flexibility index (Phi) is 15.2. The third-order valence-electron chi connectivity index (χ3n) is 9.67. The zero-order chi connectivity index (χ0) is 41.3. The van der Waals surface area contributed by atoms with Crippen LogP contribution in [0.15, 0.2) is 36.5 Å². The maximum Gasteiger partial charge on any atom is 0.408 e. The number of pyridine rings is 1. The third-order valence-corrected chi connectivity index (χ3v) is 9.67. The number of alkyl halides is 2. The van der Waals surface area contributed by atoms with Crippen molar-refractivity contribution in [3.8, 4) is 5.75 Å². The summed E-state index contributed by atoms with van der Waals surface area (Å²) in [4.78, 5) is 44.3. The maximum atomic E-state index is 13.8. The summed E-state index contributed by atoms with van der Waals surface area (Å²) in [7, 11) is 3.65. The molecule has 0 aliphatic heterocycles. The van der Waals surface area contributed by atoms with Crippen molar-refractivity contribution in [1.82, 2.24) is 30.3 Å². The number of alkyl carbamates (subject to hydrolysis) is 1. The van der Waals surface area contributed by atoms with Gasteiger partial charge in [-0.2, -0.15) is 13.9 Å². The summed E-state index contributed by atoms with van der Waals surface area (Å²) in [5, 5.41) is 14.1. The molecule has 0 bridgehead atoms. The van der Waals surface area contributed by atoms with Crippen LogP contribution in [0.25, 0.3) is 10.9 Å². The van der Waals surface area contributed by atoms with Crippen LogP contribution in [0.3, 0.4) is 0 Å². The average Bonchev–Trinajstić information content (AvgIpc) is 3.53. The molecule has 1 aliphatic rings. The van der Waals surface area contributed by atoms with E-state index in [2.05, 4.69) is 32.9 Å². The molecule has 0 unspecified atom stereocenters. The molecule has 56 heavy (non-hydrogen) atoms. The number of hydrogen-bond donors (Lipinski definition) is 3. The number of carbonyl (C=O) groups is 3. The highest BCUT2D eigenvalue weighted by Crippen LogP contribution is 2.35. The summed E-state index contributed by atoms with van der Waals surface area (Å²) in [5.41, 5.74) is -0.588. The van der Waals surface area contributed by atoms with Gasteiger partial charge in [-0.1, -0.05) is 26.8 Å². The molecule has 1 atom stereocenters. The molecule has 4 rings (SSSR count). The van der Waals surface area contributed by atoms with E-state index in [-0.39, 0.29) is 17.6 Å². The fourth-order valence-electron chi connectivity index (χ4n) is 6.77. The smallest absolute Gasteiger partial charge is 0.408 e. The van der Waals surface area contributed by atoms with Crippen molar-refractivity contribution in [1.29, 1.82) is 0 Å². The quantitative estimate of drug-likeness (QED) is 0.120. The standard InChI is InChI=1S/C41H61F2N7O6/c1-39(2,3)35(47-38(53)56-40(4,5)6)37(52)44-19-11-21-55-22-12-20-49(8)25-27-15-17-29(18-16-27)50-26-28-23-32(33(54-9)24-31(28)48-50)46-36(51)30-13-10-14-34(45-30)41(7,42)43/h10,13-14,23-24,26-27,29,35H,11-12,15-22,25H2,1-9H3,(H,44,52)(H,46,51)(H,47,53)/t27?,29?,35-/m1/s1. The Bertz CT molecular complexity index is 1770. The first kappa shape index (κ1) is 44.3. The van der Waals surface area contributed by atoms with E-state index in [1.807, 2.05) is 31.6 Å². The number of ether oxygens (including phenoxy) is 3. The van der Waals surface area contributed by atoms with Crippen molar-refractivity contribution in [2.75, 3.05) is 52.3 Å². The molecule has 15 heteroatoms. The number of benzene rings is 1. The number of halogens is 2. The van der Waals surface area contributed by atoms with E-state index in [1.54, 1.807) is 32.9 Å². The van der Waals surface area contributed by atoms with Gasteiger partial charge in [0.05, 0.1) is 24.4 Å². The van der Waals surface area contributed by atoms with Crippen LogP contribution in [0.5, 0.6) is 5.75 Å². The summed E-state index contributed by atoms with van der Waals surface area (Å²) >= 11 is 0. The summed E-state index contributed by atoms with van der Waals surface area (Å²) in [5.74, 6) is -3.02. The molecule has 310 valence electrons. The minimum absolute atomic E-state index is 0.115. The maximum absolute atomic E-state index is 13.8. The van der Waals surface area contributed by atoms with Gasteiger partial charge in [0, 0.05) is 57.4 Å². The first-order valence-electron chi connectivity index (χ1n) is 19.5. The van der Waals surface area contributed by atoms with Gasteiger partial charge in [0.1, 0.15) is 28.8 Å². The normalized spacial score (nSPS) is 17.1. The van der Waals surface area contributed by atoms with Crippen LogP contribution in [0, 0.1) is 11.3 Å². The van der Waals surface area contributed by atoms with Crippen LogP contribution >= 0.6 is 0 Å². The van der Waals surface area contributed by atoms with E-state index in [0.29, 0.717) is 43.5 Å². The highest BCUT2D eigenvalue weighted by Gasteiger charge is 2.34. The van der Waals surface area contributed by atoms with Crippen molar-refractivity contribution in [2.45, 2.75) is 111 Å². The molecule has 3 aromatic rings. The predicted molar refractivity (Wildman–Crippen MR) is 212 cm³/mol. The van der Waals surface area contributed by atoms with Gasteiger partial charge < -0.3 is 35.1 Å². The lowest BCUT2D eigenvalue weighted by Crippen LogP contribution is -2.54. The molecular weight excluding hydrogens is 724 g/mol. The number of carbonyl (C=O) groups excluding carboxylic acids is 3. The minimum atomic E-state index is -3.16. The number of hydrogen-bond acceptors (Lipinski definition) is 9. The highest BCUT2D eigenvalue weighted by molar-refractivity contribution is 6.05. The number of aromatic nitrogens is 3. The van der Waals surface area contributed by atoms with Crippen molar-refractivity contribution in [3.63, 3.8) is 0 Å². The van der Waals surface area contributed by atoms with Gasteiger partial charge in [-0.25, -0.2) is 9.78 Å². The average molecular weight is 786 g/mol. The summed E-state index contributed by atoms with van der Waals surface area (Å²) in [6, 6.07) is 7.06. The second kappa shape index (κ2) is 19.2. The molecule has 1 aliphatic carbocycles. The van der Waals surface area contributed by atoms with Gasteiger partial charge in [-0.3, -0.25) is 14.3 Å². The second-order valence-electron chi connectivity index (χ2n) is 17.0. The topological polar surface area (TPSA) is 149 Å². The number of anilines is 1. The third kappa shape index (κ3) is 13.4. The number of fused-ring (bicyclic) bond motifs is 1. The van der Waals surface area contributed by atoms with Gasteiger partial charge in [0.2, 0.25) is 5.91 Å². The van der Waals surface area contributed by atoms with Crippen LogP contribution in [0.4, 0.5) is 19.3 Å². The van der Waals surface area contributed by atoms with Gasteiger partial charge in [0.25, 0.3) is 11.8 Å². The number of nitrogens with zero attached hydrogens (tertiary/aromatic N) is 4. The van der Waals surface area contributed by atoms with E-state index in [0.717, 1.165) is 63.0 Å². The molecule has 1 saturated carbocycles. The second-order valence-corrected chi connectivity index (χ2v) is 17.0. The van der Waals surface area contributed by atoms with Crippen LogP contribution < -0.4 is 20.7 Å². The van der Waals surface area contributed by atoms with Crippen LogP contribution in [0.1, 0.15) is 109 Å². The summed E-state index contributed by atoms with van der Waals surface area (Å²) < 4.78 is 46.3. The Labute approximate surface area is 329 Å². The largest absolute Gasteiger partial charge is 0.494 e. The number of nitrogens with one attached hydrogen (secondary N) is 3. The number of amides is 3. The monoisotopic (exact) mass is 785 g/mol. The van der Waals surface area contributed by atoms with Crippen molar-refractivity contribution >= 4 is 34.5 Å². The van der Waals surface area contributed by atoms with Crippen LogP contribution in [-0.4, -0.2) is 96.2 Å². The van der Waals surface area contributed by atoms with Crippen LogP contribution in [0.2, 0.25) is 0 Å². The predicted octanol–water partition coefficient (Wildman–Crippen LogP) is 7.32. The number of methoxy groups -OCH3 is 1. The van der Waals surface area contributed by atoms with Crippen LogP contribution in [-0.2, 0) is 20.2 Å². The molecule has 3 amide bonds. The van der Waals surface area contributed by atoms with Gasteiger partial charge in [-0.05, 0) is 95.9 Å².